The Bertz CT molecular complexity index is 821. The molecule has 0 aliphatic carbocycles. The van der Waals surface area contributed by atoms with Gasteiger partial charge in [-0.3, -0.25) is 9.52 Å². The van der Waals surface area contributed by atoms with E-state index in [1.165, 1.54) is 37.4 Å². The average molecular weight is 324 g/mol. The number of carbonyl (C=O) groups is 1. The Hall–Kier alpha value is -2.61. The first kappa shape index (κ1) is 15.8. The van der Waals surface area contributed by atoms with Crippen LogP contribution in [0.3, 0.4) is 0 Å². The molecule has 0 aliphatic heterocycles. The van der Waals surface area contributed by atoms with Crippen molar-refractivity contribution in [2.24, 2.45) is 5.73 Å². The molecule has 2 rings (SSSR count). The van der Waals surface area contributed by atoms with Gasteiger partial charge in [0, 0.05) is 11.3 Å². The molecule has 3 N–H and O–H groups in total. The van der Waals surface area contributed by atoms with E-state index in [-0.39, 0.29) is 21.9 Å². The van der Waals surface area contributed by atoms with Gasteiger partial charge in [-0.1, -0.05) is 6.07 Å². The van der Waals surface area contributed by atoms with Gasteiger partial charge in [-0.15, -0.1) is 0 Å². The van der Waals surface area contributed by atoms with Crippen LogP contribution in [0.2, 0.25) is 0 Å². The molecule has 0 atom stereocenters. The number of hydrogen-bond donors (Lipinski definition) is 2. The van der Waals surface area contributed by atoms with Crippen molar-refractivity contribution in [3.63, 3.8) is 0 Å². The second-order valence-electron chi connectivity index (χ2n) is 4.35. The smallest absolute Gasteiger partial charge is 0.265 e. The highest BCUT2D eigenvalue weighted by Gasteiger charge is 2.20. The van der Waals surface area contributed by atoms with Crippen LogP contribution in [-0.2, 0) is 10.0 Å². The lowest BCUT2D eigenvalue weighted by Crippen LogP contribution is -2.16. The van der Waals surface area contributed by atoms with E-state index in [4.69, 9.17) is 10.5 Å². The number of sulfonamides is 1. The highest BCUT2D eigenvalue weighted by Crippen LogP contribution is 2.26. The summed E-state index contributed by atoms with van der Waals surface area (Å²) in [4.78, 5) is 10.8. The summed E-state index contributed by atoms with van der Waals surface area (Å²) < 4.78 is 45.2. The van der Waals surface area contributed by atoms with Crippen LogP contribution in [-0.4, -0.2) is 21.4 Å². The normalized spacial score (nSPS) is 11.0. The number of hydrogen-bond acceptors (Lipinski definition) is 4. The van der Waals surface area contributed by atoms with E-state index >= 15 is 0 Å². The highest BCUT2D eigenvalue weighted by molar-refractivity contribution is 7.92. The first-order valence-electron chi connectivity index (χ1n) is 6.10. The molecule has 0 radical (unpaired) electrons. The second-order valence-corrected chi connectivity index (χ2v) is 6.00. The second kappa shape index (κ2) is 6.02. The van der Waals surface area contributed by atoms with Crippen LogP contribution in [0.5, 0.6) is 5.75 Å². The number of primary amides is 1. The summed E-state index contributed by atoms with van der Waals surface area (Å²) in [5, 5.41) is 0. The van der Waals surface area contributed by atoms with Gasteiger partial charge in [-0.2, -0.15) is 0 Å². The van der Waals surface area contributed by atoms with E-state index < -0.39 is 21.7 Å². The molecule has 2 aromatic rings. The van der Waals surface area contributed by atoms with Crippen LogP contribution in [0.15, 0.2) is 47.4 Å². The van der Waals surface area contributed by atoms with Crippen LogP contribution in [0.1, 0.15) is 10.4 Å². The van der Waals surface area contributed by atoms with Gasteiger partial charge in [0.15, 0.2) is 0 Å². The zero-order valence-corrected chi connectivity index (χ0v) is 12.4. The van der Waals surface area contributed by atoms with Crippen molar-refractivity contribution in [2.75, 3.05) is 11.8 Å². The zero-order valence-electron chi connectivity index (χ0n) is 11.5. The number of anilines is 1. The lowest BCUT2D eigenvalue weighted by molar-refractivity contribution is 0.100. The van der Waals surface area contributed by atoms with Crippen molar-refractivity contribution in [3.8, 4) is 5.75 Å². The Morgan fingerprint density at radius 3 is 2.59 bits per heavy atom. The van der Waals surface area contributed by atoms with E-state index in [0.29, 0.717) is 0 Å². The van der Waals surface area contributed by atoms with Crippen LogP contribution >= 0.6 is 0 Å². The van der Waals surface area contributed by atoms with E-state index in [0.717, 1.165) is 12.1 Å². The highest BCUT2D eigenvalue weighted by atomic mass is 32.2. The minimum atomic E-state index is -4.09. The van der Waals surface area contributed by atoms with E-state index in [1.54, 1.807) is 0 Å². The van der Waals surface area contributed by atoms with Crippen LogP contribution in [0.25, 0.3) is 0 Å². The number of amides is 1. The lowest BCUT2D eigenvalue weighted by atomic mass is 10.2. The van der Waals surface area contributed by atoms with Crippen molar-refractivity contribution in [2.45, 2.75) is 4.90 Å². The molecule has 0 saturated carbocycles. The van der Waals surface area contributed by atoms with E-state index in [9.17, 15) is 17.6 Å². The minimum absolute atomic E-state index is 0.0000409. The molecule has 2 aromatic carbocycles. The molecule has 0 aromatic heterocycles. The van der Waals surface area contributed by atoms with E-state index in [1.807, 2.05) is 0 Å². The summed E-state index contributed by atoms with van der Waals surface area (Å²) in [5.41, 5.74) is 5.41. The third kappa shape index (κ3) is 3.34. The summed E-state index contributed by atoms with van der Waals surface area (Å²) in [6, 6.07) is 8.79. The van der Waals surface area contributed by atoms with Gasteiger partial charge >= 0.3 is 0 Å². The predicted molar refractivity (Wildman–Crippen MR) is 78.7 cm³/mol. The summed E-state index contributed by atoms with van der Waals surface area (Å²) in [7, 11) is -2.81. The molecule has 0 saturated heterocycles. The maximum Gasteiger partial charge on any atom is 0.265 e. The van der Waals surface area contributed by atoms with Gasteiger partial charge in [-0.25, -0.2) is 12.8 Å². The van der Waals surface area contributed by atoms with Crippen LogP contribution in [0, 0.1) is 5.82 Å². The molecular formula is C14H13FN2O4S. The van der Waals surface area contributed by atoms with Gasteiger partial charge in [0.05, 0.1) is 7.11 Å². The van der Waals surface area contributed by atoms with E-state index in [2.05, 4.69) is 4.72 Å². The Morgan fingerprint density at radius 1 is 1.23 bits per heavy atom. The molecule has 0 spiro atoms. The third-order valence-electron chi connectivity index (χ3n) is 2.81. The number of ether oxygens (including phenoxy) is 1. The number of nitrogens with two attached hydrogens (primary N) is 1. The molecule has 22 heavy (non-hydrogen) atoms. The molecule has 6 nitrogen and oxygen atoms in total. The van der Waals surface area contributed by atoms with Crippen LogP contribution < -0.4 is 15.2 Å². The fourth-order valence-corrected chi connectivity index (χ4v) is 3.04. The Labute approximate surface area is 126 Å². The average Bonchev–Trinajstić information content (AvgIpc) is 2.47. The third-order valence-corrected chi connectivity index (χ3v) is 4.22. The predicted octanol–water partition coefficient (Wildman–Crippen LogP) is 1.73. The van der Waals surface area contributed by atoms with Gasteiger partial charge in [-0.05, 0) is 36.4 Å². The molecule has 0 aliphatic rings. The number of methoxy groups -OCH3 is 1. The number of benzene rings is 2. The number of carbonyl (C=O) groups excluding carboxylic acids is 1. The van der Waals surface area contributed by atoms with Crippen molar-refractivity contribution >= 4 is 21.6 Å². The van der Waals surface area contributed by atoms with Crippen molar-refractivity contribution in [1.82, 2.24) is 0 Å². The Morgan fingerprint density at radius 2 is 1.95 bits per heavy atom. The maximum atomic E-state index is 13.3. The minimum Gasteiger partial charge on any atom is -0.495 e. The van der Waals surface area contributed by atoms with Crippen LogP contribution in [0.4, 0.5) is 10.1 Å². The molecule has 0 bridgehead atoms. The molecule has 1 amide bonds. The van der Waals surface area contributed by atoms with Gasteiger partial charge in [0.1, 0.15) is 16.5 Å². The first-order chi connectivity index (χ1) is 10.3. The number of halogens is 1. The maximum absolute atomic E-state index is 13.3. The van der Waals surface area contributed by atoms with Crippen molar-refractivity contribution < 1.29 is 22.3 Å². The SMILES string of the molecule is COc1ccc(F)cc1S(=O)(=O)Nc1cccc(C(N)=O)c1. The largest absolute Gasteiger partial charge is 0.495 e. The zero-order chi connectivity index (χ0) is 16.3. The monoisotopic (exact) mass is 324 g/mol. The molecule has 8 heteroatoms. The van der Waals surface area contributed by atoms with Gasteiger partial charge in [0.2, 0.25) is 5.91 Å². The standard InChI is InChI=1S/C14H13FN2O4S/c1-21-12-6-5-10(15)8-13(12)22(19,20)17-11-4-2-3-9(7-11)14(16)18/h2-8,17H,1H3,(H2,16,18). The quantitative estimate of drug-likeness (QED) is 0.875. The molecular weight excluding hydrogens is 311 g/mol. The fraction of sp³-hybridized carbons (Fsp3) is 0.0714. The number of nitrogens with one attached hydrogen (secondary N) is 1. The number of rotatable bonds is 5. The summed E-state index contributed by atoms with van der Waals surface area (Å²) >= 11 is 0. The molecule has 0 fully saturated rings. The Kier molecular flexibility index (Phi) is 4.32. The lowest BCUT2D eigenvalue weighted by Gasteiger charge is -2.12. The summed E-state index contributed by atoms with van der Waals surface area (Å²) in [6.07, 6.45) is 0. The molecule has 0 heterocycles. The fourth-order valence-electron chi connectivity index (χ4n) is 1.81. The van der Waals surface area contributed by atoms with Crippen molar-refractivity contribution in [3.05, 3.63) is 53.8 Å². The van der Waals surface area contributed by atoms with Gasteiger partial charge in [0.25, 0.3) is 10.0 Å². The van der Waals surface area contributed by atoms with Crippen molar-refractivity contribution in [1.29, 1.82) is 0 Å². The summed E-state index contributed by atoms with van der Waals surface area (Å²) in [6.45, 7) is 0. The topological polar surface area (TPSA) is 98.5 Å². The first-order valence-corrected chi connectivity index (χ1v) is 7.58. The summed E-state index contributed by atoms with van der Waals surface area (Å²) in [5.74, 6) is -1.41. The van der Waals surface area contributed by atoms with Gasteiger partial charge < -0.3 is 10.5 Å². The molecule has 116 valence electrons. The molecule has 0 unspecified atom stereocenters. The Balaban J connectivity index is 2.42.